The quantitative estimate of drug-likeness (QED) is 0.147. The summed E-state index contributed by atoms with van der Waals surface area (Å²) in [6.45, 7) is 4.76. The summed E-state index contributed by atoms with van der Waals surface area (Å²) >= 11 is 0. The molecule has 70 heavy (non-hydrogen) atoms. The molecular formula is C69H57N. The van der Waals surface area contributed by atoms with Gasteiger partial charge in [0.05, 0.1) is 5.69 Å². The van der Waals surface area contributed by atoms with E-state index < -0.39 is 0 Å². The van der Waals surface area contributed by atoms with Crippen LogP contribution in [0.1, 0.15) is 69.1 Å². The normalized spacial score (nSPS) is 20.4. The molecule has 5 aliphatic rings. The molecule has 4 fully saturated rings. The third kappa shape index (κ3) is 6.88. The van der Waals surface area contributed by atoms with Gasteiger partial charge in [-0.3, -0.25) is 0 Å². The first-order chi connectivity index (χ1) is 34.3. The van der Waals surface area contributed by atoms with Gasteiger partial charge in [-0.25, -0.2) is 0 Å². The fraction of sp³-hybridized carbons (Fsp3) is 0.188. The highest BCUT2D eigenvalue weighted by Crippen LogP contribution is 2.61. The highest BCUT2D eigenvalue weighted by molar-refractivity contribution is 5.96. The summed E-state index contributed by atoms with van der Waals surface area (Å²) in [4.78, 5) is 2.49. The van der Waals surface area contributed by atoms with Crippen LogP contribution in [0.2, 0.25) is 0 Å². The van der Waals surface area contributed by atoms with E-state index in [1.165, 1.54) is 127 Å². The van der Waals surface area contributed by atoms with Crippen molar-refractivity contribution in [1.82, 2.24) is 0 Å². The van der Waals surface area contributed by atoms with Gasteiger partial charge in [-0.2, -0.15) is 0 Å². The van der Waals surface area contributed by atoms with Gasteiger partial charge in [-0.15, -0.1) is 0 Å². The second kappa shape index (κ2) is 16.0. The van der Waals surface area contributed by atoms with Crippen molar-refractivity contribution in [1.29, 1.82) is 0 Å². The zero-order valence-electron chi connectivity index (χ0n) is 40.2. The number of nitrogens with zero attached hydrogens (tertiary/aromatic N) is 1. The first-order valence-corrected chi connectivity index (χ1v) is 25.8. The zero-order valence-corrected chi connectivity index (χ0v) is 40.2. The predicted molar refractivity (Wildman–Crippen MR) is 295 cm³/mol. The maximum absolute atomic E-state index is 2.49. The molecule has 0 heterocycles. The smallest absolute Gasteiger partial charge is 0.0540 e. The van der Waals surface area contributed by atoms with E-state index in [1.54, 1.807) is 5.56 Å². The Kier molecular flexibility index (Phi) is 9.51. The molecule has 4 bridgehead atoms. The molecule has 15 rings (SSSR count). The van der Waals surface area contributed by atoms with Crippen LogP contribution >= 0.6 is 0 Å². The predicted octanol–water partition coefficient (Wildman–Crippen LogP) is 18.9. The molecule has 0 spiro atoms. The van der Waals surface area contributed by atoms with Crippen molar-refractivity contribution in [2.45, 2.75) is 63.2 Å². The summed E-state index contributed by atoms with van der Waals surface area (Å²) in [7, 11) is 0. The van der Waals surface area contributed by atoms with Crippen LogP contribution in [-0.2, 0) is 10.8 Å². The van der Waals surface area contributed by atoms with Gasteiger partial charge in [0.2, 0.25) is 0 Å². The van der Waals surface area contributed by atoms with Gasteiger partial charge in [0, 0.05) is 22.4 Å². The van der Waals surface area contributed by atoms with Crippen LogP contribution in [0.4, 0.5) is 17.1 Å². The fourth-order valence-electron chi connectivity index (χ4n) is 14.3. The lowest BCUT2D eigenvalue weighted by atomic mass is 9.48. The summed E-state index contributed by atoms with van der Waals surface area (Å²) in [5.74, 6) is 2.86. The second-order valence-electron chi connectivity index (χ2n) is 22.0. The zero-order chi connectivity index (χ0) is 46.6. The van der Waals surface area contributed by atoms with Gasteiger partial charge >= 0.3 is 0 Å². The Morgan fingerprint density at radius 1 is 0.343 bits per heavy atom. The lowest BCUT2D eigenvalue weighted by Crippen LogP contribution is -2.48. The van der Waals surface area contributed by atoms with Crippen molar-refractivity contribution < 1.29 is 0 Å². The number of hydrogen-bond acceptors (Lipinski definition) is 1. The van der Waals surface area contributed by atoms with Crippen molar-refractivity contribution in [3.05, 3.63) is 235 Å². The Morgan fingerprint density at radius 3 is 1.44 bits per heavy atom. The second-order valence-corrected chi connectivity index (χ2v) is 22.0. The molecule has 0 aromatic heterocycles. The minimum atomic E-state index is -0.138. The van der Waals surface area contributed by atoms with E-state index in [1.807, 2.05) is 0 Å². The molecule has 5 aliphatic carbocycles. The number of benzene rings is 10. The first-order valence-electron chi connectivity index (χ1n) is 25.8. The van der Waals surface area contributed by atoms with Gasteiger partial charge in [-0.1, -0.05) is 184 Å². The summed E-state index contributed by atoms with van der Waals surface area (Å²) in [5, 5.41) is 4.99. The fourth-order valence-corrected chi connectivity index (χ4v) is 14.3. The van der Waals surface area contributed by atoms with Crippen LogP contribution in [0.5, 0.6) is 0 Å². The van der Waals surface area contributed by atoms with Crippen LogP contribution in [0.15, 0.2) is 218 Å². The molecule has 4 saturated carbocycles. The third-order valence-electron chi connectivity index (χ3n) is 17.4. The molecule has 0 saturated heterocycles. The molecule has 0 unspecified atom stereocenters. The summed E-state index contributed by atoms with van der Waals surface area (Å²) in [6, 6.07) is 82.6. The van der Waals surface area contributed by atoms with E-state index in [0.29, 0.717) is 5.41 Å². The third-order valence-corrected chi connectivity index (χ3v) is 17.4. The van der Waals surface area contributed by atoms with E-state index in [-0.39, 0.29) is 5.41 Å². The molecule has 0 N–H and O–H groups in total. The van der Waals surface area contributed by atoms with Crippen molar-refractivity contribution in [2.75, 3.05) is 4.90 Å². The Hall–Kier alpha value is -7.48. The van der Waals surface area contributed by atoms with E-state index >= 15 is 0 Å². The average Bonchev–Trinajstić information content (AvgIpc) is 3.63. The minimum Gasteiger partial charge on any atom is -0.310 e. The molecule has 10 aromatic rings. The summed E-state index contributed by atoms with van der Waals surface area (Å²) < 4.78 is 0. The molecular weight excluding hydrogens is 843 g/mol. The lowest BCUT2D eigenvalue weighted by molar-refractivity contribution is -0.00518. The Morgan fingerprint density at radius 2 is 0.800 bits per heavy atom. The average molecular weight is 900 g/mol. The monoisotopic (exact) mass is 899 g/mol. The molecule has 1 heteroatoms. The van der Waals surface area contributed by atoms with Crippen LogP contribution in [0.3, 0.4) is 0 Å². The Bertz CT molecular complexity index is 3610. The first kappa shape index (κ1) is 41.5. The van der Waals surface area contributed by atoms with Gasteiger partial charge in [0.1, 0.15) is 0 Å². The van der Waals surface area contributed by atoms with Crippen molar-refractivity contribution in [3.8, 4) is 55.6 Å². The van der Waals surface area contributed by atoms with Gasteiger partial charge < -0.3 is 4.90 Å². The Labute approximate surface area is 413 Å². The molecule has 0 atom stereocenters. The topological polar surface area (TPSA) is 3.24 Å². The molecule has 0 radical (unpaired) electrons. The van der Waals surface area contributed by atoms with Gasteiger partial charge in [0.25, 0.3) is 0 Å². The van der Waals surface area contributed by atoms with E-state index in [2.05, 4.69) is 237 Å². The summed E-state index contributed by atoms with van der Waals surface area (Å²) in [5.41, 5.74) is 20.5. The highest BCUT2D eigenvalue weighted by Gasteiger charge is 2.51. The SMILES string of the molecule is CC1(C)c2ccccc2-c2ccc(N(c3ccc(-c4ccc5ccccc5c4)cc3)c3ccc(-c4ccc(-c5ccc(C67CC8CC(CC(C8)C6)C7)cc5)cc4)cc3-c3ccc4ccccc4c3)cc21. The number of anilines is 3. The molecule has 0 amide bonds. The van der Waals surface area contributed by atoms with Crippen LogP contribution < -0.4 is 4.90 Å². The molecule has 0 aliphatic heterocycles. The van der Waals surface area contributed by atoms with Crippen LogP contribution in [0.25, 0.3) is 77.2 Å². The van der Waals surface area contributed by atoms with Crippen molar-refractivity contribution in [3.63, 3.8) is 0 Å². The number of hydrogen-bond donors (Lipinski definition) is 0. The number of fused-ring (bicyclic) bond motifs is 5. The largest absolute Gasteiger partial charge is 0.310 e. The molecule has 338 valence electrons. The maximum atomic E-state index is 2.49. The molecule has 1 nitrogen and oxygen atoms in total. The maximum Gasteiger partial charge on any atom is 0.0540 e. The molecule has 10 aromatic carbocycles. The highest BCUT2D eigenvalue weighted by atomic mass is 15.1. The lowest BCUT2D eigenvalue weighted by Gasteiger charge is -2.57. The standard InChI is InChI=1S/C69H57N/c1-68(2)65-14-8-7-13-62(65)63-33-32-61(41-66(63)68)70(60-30-25-53(26-31-60)56-21-19-48-9-3-5-11-54(48)38-56)67-34-27-57(40-64(67)58-22-20-49-10-4-6-12-55(49)39-58)52-17-15-50(16-18-52)51-23-28-59(29-24-51)69-42-45-35-46(43-69)37-47(36-45)44-69/h3-34,38-41,45-47H,35-37,42-44H2,1-2H3. The van der Waals surface area contributed by atoms with Crippen LogP contribution in [-0.4, -0.2) is 0 Å². The Balaban J connectivity index is 0.873. The van der Waals surface area contributed by atoms with E-state index in [0.717, 1.165) is 34.8 Å². The van der Waals surface area contributed by atoms with E-state index in [9.17, 15) is 0 Å². The van der Waals surface area contributed by atoms with Gasteiger partial charge in [0.15, 0.2) is 0 Å². The minimum absolute atomic E-state index is 0.138. The van der Waals surface area contributed by atoms with Crippen LogP contribution in [0, 0.1) is 17.8 Å². The van der Waals surface area contributed by atoms with E-state index in [4.69, 9.17) is 0 Å². The number of rotatable bonds is 8. The van der Waals surface area contributed by atoms with Gasteiger partial charge in [-0.05, 0) is 199 Å². The van der Waals surface area contributed by atoms with Crippen molar-refractivity contribution >= 4 is 38.6 Å². The van der Waals surface area contributed by atoms with Crippen molar-refractivity contribution in [2.24, 2.45) is 17.8 Å². The summed E-state index contributed by atoms with van der Waals surface area (Å²) in [6.07, 6.45) is 8.67.